The van der Waals surface area contributed by atoms with Crippen LogP contribution in [0.2, 0.25) is 0 Å². The average Bonchev–Trinajstić information content (AvgIpc) is 3.65. The molecular weight excluding hydrogens is 557 g/mol. The minimum Gasteiger partial charge on any atom is -0.308 e. The van der Waals surface area contributed by atoms with Crippen LogP contribution in [0.5, 0.6) is 0 Å². The first-order valence-corrected chi connectivity index (χ1v) is 15.1. The number of benzene rings is 6. The molecule has 0 aliphatic carbocycles. The van der Waals surface area contributed by atoms with Gasteiger partial charge in [-0.05, 0) is 24.2 Å². The maximum Gasteiger partial charge on any atom is 0.164 e. The van der Waals surface area contributed by atoms with E-state index >= 15 is 0 Å². The van der Waals surface area contributed by atoms with Gasteiger partial charge in [0.1, 0.15) is 0 Å². The molecule has 3 aromatic heterocycles. The standard InChI is InChI=1S/C39H24N4S/c1-3-13-25(14-4-1)37-40-38(26-15-5-2-6-16-26)42-39(41-37)30-20-12-24-34-35(30)29-19-11-23-33(36(29)44-34)43-31-21-9-7-17-27(31)28-18-8-10-22-32(28)43/h1-24H/i7D,8D,21D,22D. The molecule has 3 heterocycles. The fraction of sp³-hybridized carbons (Fsp3) is 0. The number of hydrogen-bond donors (Lipinski definition) is 0. The van der Waals surface area contributed by atoms with Gasteiger partial charge in [-0.1, -0.05) is 121 Å². The van der Waals surface area contributed by atoms with Crippen molar-refractivity contribution in [3.63, 3.8) is 0 Å². The Kier molecular flexibility index (Phi) is 4.78. The first kappa shape index (κ1) is 21.1. The largest absolute Gasteiger partial charge is 0.308 e. The fourth-order valence-electron chi connectivity index (χ4n) is 6.02. The lowest BCUT2D eigenvalue weighted by Crippen LogP contribution is -2.00. The van der Waals surface area contributed by atoms with Gasteiger partial charge in [-0.2, -0.15) is 0 Å². The van der Waals surface area contributed by atoms with Crippen LogP contribution in [0.15, 0.2) is 145 Å². The number of hydrogen-bond acceptors (Lipinski definition) is 4. The molecule has 206 valence electrons. The van der Waals surface area contributed by atoms with Gasteiger partial charge < -0.3 is 4.57 Å². The summed E-state index contributed by atoms with van der Waals surface area (Å²) >= 11 is 1.64. The fourth-order valence-corrected chi connectivity index (χ4v) is 7.25. The van der Waals surface area contributed by atoms with Crippen LogP contribution in [-0.2, 0) is 0 Å². The van der Waals surface area contributed by atoms with Crippen LogP contribution in [-0.4, -0.2) is 19.5 Å². The van der Waals surface area contributed by atoms with E-state index in [0.717, 1.165) is 42.6 Å². The highest BCUT2D eigenvalue weighted by molar-refractivity contribution is 7.26. The summed E-state index contributed by atoms with van der Waals surface area (Å²) < 4.78 is 38.5. The third-order valence-electron chi connectivity index (χ3n) is 7.97. The van der Waals surface area contributed by atoms with Crippen molar-refractivity contribution in [2.24, 2.45) is 0 Å². The average molecular weight is 585 g/mol. The molecule has 0 aliphatic heterocycles. The Morgan fingerprint density at radius 2 is 1.11 bits per heavy atom. The van der Waals surface area contributed by atoms with Crippen LogP contribution in [0.4, 0.5) is 0 Å². The minimum absolute atomic E-state index is 0.200. The van der Waals surface area contributed by atoms with E-state index in [1.165, 1.54) is 12.1 Å². The van der Waals surface area contributed by atoms with Crippen LogP contribution in [0, 0.1) is 0 Å². The third kappa shape index (κ3) is 3.87. The molecule has 5 heteroatoms. The number of nitrogens with zero attached hydrogens (tertiary/aromatic N) is 4. The van der Waals surface area contributed by atoms with Crippen LogP contribution >= 0.6 is 11.3 Å². The molecule has 0 saturated heterocycles. The predicted octanol–water partition coefficient (Wildman–Crippen LogP) is 10.3. The zero-order valence-electron chi connectivity index (χ0n) is 27.2. The van der Waals surface area contributed by atoms with Gasteiger partial charge in [-0.25, -0.2) is 15.0 Å². The minimum atomic E-state index is 0.200. The summed E-state index contributed by atoms with van der Waals surface area (Å²) in [6.45, 7) is 0. The molecular formula is C39H24N4S. The number of aromatic nitrogens is 4. The lowest BCUT2D eigenvalue weighted by Gasteiger charge is -2.10. The first-order valence-electron chi connectivity index (χ1n) is 16.3. The molecule has 0 bridgehead atoms. The number of rotatable bonds is 4. The second-order valence-corrected chi connectivity index (χ2v) is 11.6. The van der Waals surface area contributed by atoms with E-state index in [0.29, 0.717) is 39.3 Å². The van der Waals surface area contributed by atoms with Gasteiger partial charge in [0, 0.05) is 42.9 Å². The second kappa shape index (κ2) is 9.97. The molecule has 0 radical (unpaired) electrons. The Labute approximate surface area is 263 Å². The van der Waals surface area contributed by atoms with E-state index < -0.39 is 0 Å². The maximum absolute atomic E-state index is 8.93. The number of para-hydroxylation sites is 2. The Morgan fingerprint density at radius 1 is 0.523 bits per heavy atom. The highest BCUT2D eigenvalue weighted by Crippen LogP contribution is 2.43. The summed E-state index contributed by atoms with van der Waals surface area (Å²) in [5, 5.41) is 3.41. The Balaban J connectivity index is 1.34. The molecule has 0 unspecified atom stereocenters. The lowest BCUT2D eigenvalue weighted by atomic mass is 10.0. The van der Waals surface area contributed by atoms with Crippen LogP contribution < -0.4 is 0 Å². The van der Waals surface area contributed by atoms with Crippen molar-refractivity contribution in [2.45, 2.75) is 0 Å². The molecule has 9 rings (SSSR count). The highest BCUT2D eigenvalue weighted by Gasteiger charge is 2.20. The van der Waals surface area contributed by atoms with Crippen molar-refractivity contribution in [3.05, 3.63) is 145 Å². The number of fused-ring (bicyclic) bond motifs is 6. The molecule has 6 aromatic carbocycles. The zero-order valence-corrected chi connectivity index (χ0v) is 24.1. The Hall–Kier alpha value is -5.65. The third-order valence-corrected chi connectivity index (χ3v) is 9.16. The molecule has 0 N–H and O–H groups in total. The monoisotopic (exact) mass is 584 g/mol. The highest BCUT2D eigenvalue weighted by atomic mass is 32.1. The quantitative estimate of drug-likeness (QED) is 0.207. The van der Waals surface area contributed by atoms with Gasteiger partial charge in [0.2, 0.25) is 0 Å². The van der Waals surface area contributed by atoms with Gasteiger partial charge in [0.25, 0.3) is 0 Å². The van der Waals surface area contributed by atoms with Gasteiger partial charge in [-0.15, -0.1) is 11.3 Å². The zero-order chi connectivity index (χ0) is 32.5. The van der Waals surface area contributed by atoms with Crippen molar-refractivity contribution in [1.82, 2.24) is 19.5 Å². The molecule has 0 fully saturated rings. The lowest BCUT2D eigenvalue weighted by molar-refractivity contribution is 1.08. The molecule has 44 heavy (non-hydrogen) atoms. The van der Waals surface area contributed by atoms with Crippen molar-refractivity contribution in [2.75, 3.05) is 0 Å². The van der Waals surface area contributed by atoms with Gasteiger partial charge in [0.15, 0.2) is 17.5 Å². The van der Waals surface area contributed by atoms with Crippen LogP contribution in [0.1, 0.15) is 5.48 Å². The van der Waals surface area contributed by atoms with E-state index in [-0.39, 0.29) is 24.2 Å². The van der Waals surface area contributed by atoms with Gasteiger partial charge in [0.05, 0.1) is 26.9 Å². The SMILES string of the molecule is [2H]c1cc([2H])c2c(c1)c1cc([2H])cc([2H])c1n2-c1cccc2c1sc1cccc(-c3nc(-c4ccccc4)nc(-c4ccccc4)n3)c12. The molecule has 0 spiro atoms. The summed E-state index contributed by atoms with van der Waals surface area (Å²) in [4.78, 5) is 14.9. The maximum atomic E-state index is 8.93. The molecule has 0 atom stereocenters. The normalized spacial score (nSPS) is 12.9. The summed E-state index contributed by atoms with van der Waals surface area (Å²) in [6.07, 6.45) is 0. The summed E-state index contributed by atoms with van der Waals surface area (Å²) in [6, 6.07) is 39.5. The molecule has 0 amide bonds. The van der Waals surface area contributed by atoms with E-state index in [1.807, 2.05) is 83.4 Å². The molecule has 4 nitrogen and oxygen atoms in total. The van der Waals surface area contributed by atoms with Crippen LogP contribution in [0.3, 0.4) is 0 Å². The van der Waals surface area contributed by atoms with Crippen molar-refractivity contribution in [1.29, 1.82) is 0 Å². The molecule has 0 saturated carbocycles. The summed E-state index contributed by atoms with van der Waals surface area (Å²) in [5.74, 6) is 1.76. The van der Waals surface area contributed by atoms with Crippen LogP contribution in [0.25, 0.3) is 81.8 Å². The Morgan fingerprint density at radius 3 is 1.75 bits per heavy atom. The van der Waals surface area contributed by atoms with E-state index in [2.05, 4.69) is 18.2 Å². The van der Waals surface area contributed by atoms with Crippen molar-refractivity contribution < 1.29 is 5.48 Å². The predicted molar refractivity (Wildman–Crippen MR) is 183 cm³/mol. The van der Waals surface area contributed by atoms with E-state index in [9.17, 15) is 0 Å². The van der Waals surface area contributed by atoms with E-state index in [4.69, 9.17) is 20.4 Å². The molecule has 9 aromatic rings. The van der Waals surface area contributed by atoms with Crippen molar-refractivity contribution in [3.8, 4) is 39.9 Å². The smallest absolute Gasteiger partial charge is 0.164 e. The second-order valence-electron chi connectivity index (χ2n) is 10.5. The van der Waals surface area contributed by atoms with Gasteiger partial charge in [-0.3, -0.25) is 0 Å². The summed E-state index contributed by atoms with van der Waals surface area (Å²) in [7, 11) is 0. The molecule has 0 aliphatic rings. The topological polar surface area (TPSA) is 43.6 Å². The Bertz CT molecular complexity index is 2600. The van der Waals surface area contributed by atoms with Crippen molar-refractivity contribution >= 4 is 53.3 Å². The van der Waals surface area contributed by atoms with Gasteiger partial charge >= 0.3 is 0 Å². The number of thiophene rings is 1. The summed E-state index contributed by atoms with van der Waals surface area (Å²) in [5.41, 5.74) is 4.75. The van der Waals surface area contributed by atoms with E-state index in [1.54, 1.807) is 23.5 Å². The first-order chi connectivity index (χ1) is 23.4.